The quantitative estimate of drug-likeness (QED) is 0.706. The maximum atomic E-state index is 5.87. The average molecular weight is 215 g/mol. The Bertz CT molecular complexity index is 291. The Kier molecular flexibility index (Phi) is 4.84. The molecule has 0 atom stereocenters. The third-order valence-corrected chi connectivity index (χ3v) is 2.02. The van der Waals surface area contributed by atoms with E-state index in [9.17, 15) is 0 Å². The molecule has 0 N–H and O–H groups in total. The van der Waals surface area contributed by atoms with Crippen LogP contribution in [-0.4, -0.2) is 23.7 Å². The minimum Gasteiger partial charge on any atom is -0.384 e. The van der Waals surface area contributed by atoms with E-state index in [0.29, 0.717) is 18.2 Å². The van der Waals surface area contributed by atoms with Crippen molar-refractivity contribution >= 4 is 11.6 Å². The normalized spacial score (nSPS) is 10.5. The molecule has 3 nitrogen and oxygen atoms in total. The number of nitrogens with zero attached hydrogens (tertiary/aromatic N) is 2. The summed E-state index contributed by atoms with van der Waals surface area (Å²) >= 11 is 5.87. The standard InChI is InChI=1S/C10H15ClN2O/c1-3-4-8-7-9(11)13-10(12-8)5-6-14-2/h7H,3-6H2,1-2H3. The van der Waals surface area contributed by atoms with Crippen molar-refractivity contribution in [1.29, 1.82) is 0 Å². The lowest BCUT2D eigenvalue weighted by molar-refractivity contribution is 0.200. The third-order valence-electron chi connectivity index (χ3n) is 1.83. The molecule has 0 spiro atoms. The second kappa shape index (κ2) is 5.94. The molecule has 0 fully saturated rings. The molecular formula is C10H15ClN2O. The lowest BCUT2D eigenvalue weighted by atomic mass is 10.2. The second-order valence-electron chi connectivity index (χ2n) is 3.09. The Labute approximate surface area is 89.5 Å². The molecule has 0 aliphatic heterocycles. The molecule has 1 aromatic heterocycles. The average Bonchev–Trinajstić information content (AvgIpc) is 2.14. The summed E-state index contributed by atoms with van der Waals surface area (Å²) in [6.45, 7) is 2.75. The molecule has 0 saturated heterocycles. The van der Waals surface area contributed by atoms with Crippen LogP contribution < -0.4 is 0 Å². The zero-order valence-electron chi connectivity index (χ0n) is 8.59. The van der Waals surface area contributed by atoms with E-state index in [1.807, 2.05) is 6.07 Å². The highest BCUT2D eigenvalue weighted by atomic mass is 35.5. The topological polar surface area (TPSA) is 35.0 Å². The van der Waals surface area contributed by atoms with Gasteiger partial charge < -0.3 is 4.74 Å². The Morgan fingerprint density at radius 3 is 2.79 bits per heavy atom. The third kappa shape index (κ3) is 3.60. The van der Waals surface area contributed by atoms with E-state index in [-0.39, 0.29) is 0 Å². The number of hydrogen-bond donors (Lipinski definition) is 0. The maximum Gasteiger partial charge on any atom is 0.133 e. The molecule has 0 unspecified atom stereocenters. The summed E-state index contributed by atoms with van der Waals surface area (Å²) in [6, 6.07) is 1.82. The zero-order valence-corrected chi connectivity index (χ0v) is 9.34. The summed E-state index contributed by atoms with van der Waals surface area (Å²) in [7, 11) is 1.66. The van der Waals surface area contributed by atoms with Crippen LogP contribution in [0.1, 0.15) is 24.9 Å². The minimum absolute atomic E-state index is 0.523. The number of aryl methyl sites for hydroxylation is 1. The summed E-state index contributed by atoms with van der Waals surface area (Å²) in [5, 5.41) is 0.523. The fourth-order valence-corrected chi connectivity index (χ4v) is 1.43. The first-order chi connectivity index (χ1) is 6.76. The van der Waals surface area contributed by atoms with Gasteiger partial charge in [-0.05, 0) is 12.5 Å². The van der Waals surface area contributed by atoms with Crippen LogP contribution in [0.3, 0.4) is 0 Å². The first-order valence-electron chi connectivity index (χ1n) is 4.77. The molecule has 0 aliphatic rings. The van der Waals surface area contributed by atoms with Gasteiger partial charge in [0, 0.05) is 19.2 Å². The number of aromatic nitrogens is 2. The van der Waals surface area contributed by atoms with E-state index in [4.69, 9.17) is 16.3 Å². The van der Waals surface area contributed by atoms with Gasteiger partial charge in [0.25, 0.3) is 0 Å². The molecule has 0 radical (unpaired) electrons. The van der Waals surface area contributed by atoms with Crippen LogP contribution >= 0.6 is 11.6 Å². The second-order valence-corrected chi connectivity index (χ2v) is 3.48. The number of halogens is 1. The Morgan fingerprint density at radius 2 is 2.14 bits per heavy atom. The lowest BCUT2D eigenvalue weighted by Crippen LogP contribution is -2.03. The van der Waals surface area contributed by atoms with Gasteiger partial charge in [0.1, 0.15) is 11.0 Å². The number of rotatable bonds is 5. The van der Waals surface area contributed by atoms with Gasteiger partial charge in [0.15, 0.2) is 0 Å². The largest absolute Gasteiger partial charge is 0.384 e. The molecule has 0 aliphatic carbocycles. The van der Waals surface area contributed by atoms with Gasteiger partial charge >= 0.3 is 0 Å². The van der Waals surface area contributed by atoms with Crippen molar-refractivity contribution in [3.05, 3.63) is 22.7 Å². The van der Waals surface area contributed by atoms with Crippen molar-refractivity contribution in [3.8, 4) is 0 Å². The minimum atomic E-state index is 0.523. The highest BCUT2D eigenvalue weighted by Crippen LogP contribution is 2.09. The highest BCUT2D eigenvalue weighted by Gasteiger charge is 2.02. The van der Waals surface area contributed by atoms with Gasteiger partial charge in [-0.3, -0.25) is 0 Å². The van der Waals surface area contributed by atoms with Gasteiger partial charge in [-0.25, -0.2) is 9.97 Å². The summed E-state index contributed by atoms with van der Waals surface area (Å²) in [5.74, 6) is 0.766. The van der Waals surface area contributed by atoms with E-state index >= 15 is 0 Å². The van der Waals surface area contributed by atoms with E-state index in [0.717, 1.165) is 24.4 Å². The van der Waals surface area contributed by atoms with Crippen LogP contribution in [0, 0.1) is 0 Å². The van der Waals surface area contributed by atoms with Crippen LogP contribution in [0.4, 0.5) is 0 Å². The van der Waals surface area contributed by atoms with Gasteiger partial charge in [0.2, 0.25) is 0 Å². The van der Waals surface area contributed by atoms with Gasteiger partial charge in [-0.15, -0.1) is 0 Å². The summed E-state index contributed by atoms with van der Waals surface area (Å²) in [6.07, 6.45) is 2.73. The molecule has 0 aromatic carbocycles. The summed E-state index contributed by atoms with van der Waals surface area (Å²) < 4.78 is 4.96. The van der Waals surface area contributed by atoms with Crippen molar-refractivity contribution in [2.24, 2.45) is 0 Å². The smallest absolute Gasteiger partial charge is 0.133 e. The van der Waals surface area contributed by atoms with E-state index in [1.54, 1.807) is 7.11 Å². The first-order valence-corrected chi connectivity index (χ1v) is 5.15. The maximum absolute atomic E-state index is 5.87. The first kappa shape index (κ1) is 11.4. The zero-order chi connectivity index (χ0) is 10.4. The number of hydrogen-bond acceptors (Lipinski definition) is 3. The Balaban J connectivity index is 2.73. The summed E-state index contributed by atoms with van der Waals surface area (Å²) in [5.41, 5.74) is 1.01. The van der Waals surface area contributed by atoms with Crippen molar-refractivity contribution in [2.75, 3.05) is 13.7 Å². The van der Waals surface area contributed by atoms with Crippen molar-refractivity contribution in [1.82, 2.24) is 9.97 Å². The van der Waals surface area contributed by atoms with E-state index in [2.05, 4.69) is 16.9 Å². The molecule has 1 aromatic rings. The fraction of sp³-hybridized carbons (Fsp3) is 0.600. The predicted octanol–water partition coefficient (Wildman–Crippen LogP) is 2.27. The van der Waals surface area contributed by atoms with Gasteiger partial charge in [-0.1, -0.05) is 24.9 Å². The lowest BCUT2D eigenvalue weighted by Gasteiger charge is -2.03. The predicted molar refractivity (Wildman–Crippen MR) is 56.6 cm³/mol. The van der Waals surface area contributed by atoms with E-state index in [1.165, 1.54) is 0 Å². The fourth-order valence-electron chi connectivity index (χ4n) is 1.21. The van der Waals surface area contributed by atoms with Crippen molar-refractivity contribution in [3.63, 3.8) is 0 Å². The molecule has 14 heavy (non-hydrogen) atoms. The Hall–Kier alpha value is -0.670. The number of methoxy groups -OCH3 is 1. The highest BCUT2D eigenvalue weighted by molar-refractivity contribution is 6.29. The number of ether oxygens (including phenoxy) is 1. The van der Waals surface area contributed by atoms with Crippen molar-refractivity contribution < 1.29 is 4.74 Å². The SMILES string of the molecule is CCCc1cc(Cl)nc(CCOC)n1. The molecule has 0 bridgehead atoms. The van der Waals surface area contributed by atoms with Crippen molar-refractivity contribution in [2.45, 2.75) is 26.2 Å². The van der Waals surface area contributed by atoms with Gasteiger partial charge in [-0.2, -0.15) is 0 Å². The molecule has 4 heteroatoms. The molecule has 0 amide bonds. The molecule has 0 saturated carbocycles. The monoisotopic (exact) mass is 214 g/mol. The van der Waals surface area contributed by atoms with Crippen LogP contribution in [-0.2, 0) is 17.6 Å². The van der Waals surface area contributed by atoms with Crippen LogP contribution in [0.25, 0.3) is 0 Å². The van der Waals surface area contributed by atoms with Gasteiger partial charge in [0.05, 0.1) is 6.61 Å². The molecule has 1 rings (SSSR count). The molecule has 78 valence electrons. The summed E-state index contributed by atoms with van der Waals surface area (Å²) in [4.78, 5) is 8.51. The van der Waals surface area contributed by atoms with Crippen LogP contribution in [0.5, 0.6) is 0 Å². The van der Waals surface area contributed by atoms with Crippen LogP contribution in [0.2, 0.25) is 5.15 Å². The Morgan fingerprint density at radius 1 is 1.36 bits per heavy atom. The van der Waals surface area contributed by atoms with Crippen LogP contribution in [0.15, 0.2) is 6.07 Å². The molecule has 1 heterocycles. The molecular weight excluding hydrogens is 200 g/mol. The van der Waals surface area contributed by atoms with E-state index < -0.39 is 0 Å².